The summed E-state index contributed by atoms with van der Waals surface area (Å²) in [4.78, 5) is 0. The summed E-state index contributed by atoms with van der Waals surface area (Å²) < 4.78 is 28.2. The Morgan fingerprint density at radius 1 is 1.55 bits per heavy atom. The first kappa shape index (κ1) is 8.92. The minimum Gasteiger partial charge on any atom is -0.381 e. The number of ether oxygens (including phenoxy) is 1. The summed E-state index contributed by atoms with van der Waals surface area (Å²) in [6.07, 6.45) is 1.62. The molecular weight excluding hydrogens is 168 g/mol. The van der Waals surface area contributed by atoms with Crippen LogP contribution in [0.2, 0.25) is 0 Å². The van der Waals surface area contributed by atoms with Crippen molar-refractivity contribution in [1.29, 1.82) is 0 Å². The SMILES string of the molecule is CO[C@H]1C[C@@H](NS(N)(=O)=O)C1. The van der Waals surface area contributed by atoms with Crippen molar-refractivity contribution in [2.75, 3.05) is 7.11 Å². The highest BCUT2D eigenvalue weighted by Gasteiger charge is 2.30. The molecule has 1 rings (SSSR count). The number of methoxy groups -OCH3 is 1. The molecule has 0 saturated heterocycles. The van der Waals surface area contributed by atoms with Crippen molar-refractivity contribution in [3.63, 3.8) is 0 Å². The monoisotopic (exact) mass is 180 g/mol. The fourth-order valence-corrected chi connectivity index (χ4v) is 1.74. The second kappa shape index (κ2) is 3.06. The summed E-state index contributed by atoms with van der Waals surface area (Å²) >= 11 is 0. The van der Waals surface area contributed by atoms with Crippen LogP contribution in [-0.2, 0) is 14.9 Å². The van der Waals surface area contributed by atoms with Gasteiger partial charge >= 0.3 is 0 Å². The van der Waals surface area contributed by atoms with E-state index in [1.807, 2.05) is 0 Å². The van der Waals surface area contributed by atoms with Crippen LogP contribution in [0.4, 0.5) is 0 Å². The van der Waals surface area contributed by atoms with Gasteiger partial charge in [0, 0.05) is 13.2 Å². The lowest BCUT2D eigenvalue weighted by atomic mass is 9.90. The third kappa shape index (κ3) is 2.74. The molecule has 66 valence electrons. The lowest BCUT2D eigenvalue weighted by Crippen LogP contribution is -2.49. The van der Waals surface area contributed by atoms with E-state index in [1.165, 1.54) is 0 Å². The lowest BCUT2D eigenvalue weighted by molar-refractivity contribution is 0.0236. The Bertz CT molecular complexity index is 220. The maximum absolute atomic E-state index is 10.5. The van der Waals surface area contributed by atoms with Gasteiger partial charge in [-0.1, -0.05) is 0 Å². The van der Waals surface area contributed by atoms with Gasteiger partial charge in [0.05, 0.1) is 6.10 Å². The van der Waals surface area contributed by atoms with Gasteiger partial charge in [-0.05, 0) is 12.8 Å². The fourth-order valence-electron chi connectivity index (χ4n) is 1.09. The number of nitrogens with one attached hydrogen (secondary N) is 1. The van der Waals surface area contributed by atoms with Crippen molar-refractivity contribution in [2.24, 2.45) is 5.14 Å². The molecule has 1 saturated carbocycles. The van der Waals surface area contributed by atoms with E-state index in [1.54, 1.807) is 7.11 Å². The Labute approximate surface area is 66.1 Å². The van der Waals surface area contributed by atoms with E-state index < -0.39 is 10.2 Å². The van der Waals surface area contributed by atoms with Crippen LogP contribution < -0.4 is 9.86 Å². The predicted octanol–water partition coefficient (Wildman–Crippen LogP) is -1.04. The van der Waals surface area contributed by atoms with E-state index in [2.05, 4.69) is 4.72 Å². The average molecular weight is 180 g/mol. The van der Waals surface area contributed by atoms with Gasteiger partial charge in [-0.15, -0.1) is 0 Å². The van der Waals surface area contributed by atoms with E-state index >= 15 is 0 Å². The smallest absolute Gasteiger partial charge is 0.274 e. The van der Waals surface area contributed by atoms with Crippen LogP contribution in [0.5, 0.6) is 0 Å². The Morgan fingerprint density at radius 3 is 2.45 bits per heavy atom. The van der Waals surface area contributed by atoms with Gasteiger partial charge in [-0.2, -0.15) is 13.1 Å². The van der Waals surface area contributed by atoms with Crippen LogP contribution in [0.1, 0.15) is 12.8 Å². The van der Waals surface area contributed by atoms with Crippen LogP contribution >= 0.6 is 0 Å². The zero-order chi connectivity index (χ0) is 8.48. The van der Waals surface area contributed by atoms with Gasteiger partial charge in [0.15, 0.2) is 0 Å². The first-order valence-corrected chi connectivity index (χ1v) is 4.89. The Kier molecular flexibility index (Phi) is 2.48. The molecule has 0 bridgehead atoms. The van der Waals surface area contributed by atoms with E-state index in [-0.39, 0.29) is 12.1 Å². The van der Waals surface area contributed by atoms with Crippen LogP contribution in [0.25, 0.3) is 0 Å². The van der Waals surface area contributed by atoms with Gasteiger partial charge in [0.2, 0.25) is 0 Å². The minimum absolute atomic E-state index is 0.0325. The van der Waals surface area contributed by atoms with E-state index in [9.17, 15) is 8.42 Å². The summed E-state index contributed by atoms with van der Waals surface area (Å²) in [7, 11) is -1.91. The molecule has 0 aromatic rings. The van der Waals surface area contributed by atoms with Crippen LogP contribution in [-0.4, -0.2) is 27.7 Å². The van der Waals surface area contributed by atoms with Crippen LogP contribution in [0.3, 0.4) is 0 Å². The molecule has 0 aromatic heterocycles. The standard InChI is InChI=1S/C5H12N2O3S/c1-10-5-2-4(3-5)7-11(6,8)9/h4-5,7H,2-3H2,1H3,(H2,6,8,9)/t4-,5+. The molecule has 11 heavy (non-hydrogen) atoms. The van der Waals surface area contributed by atoms with Crippen molar-refractivity contribution in [2.45, 2.75) is 25.0 Å². The molecule has 0 unspecified atom stereocenters. The second-order valence-corrected chi connectivity index (χ2v) is 4.01. The molecule has 1 aliphatic rings. The minimum atomic E-state index is -3.52. The molecular formula is C5H12N2O3S. The van der Waals surface area contributed by atoms with Crippen molar-refractivity contribution in [3.8, 4) is 0 Å². The lowest BCUT2D eigenvalue weighted by Gasteiger charge is -2.33. The van der Waals surface area contributed by atoms with Gasteiger partial charge in [-0.25, -0.2) is 5.14 Å². The number of hydrogen-bond donors (Lipinski definition) is 2. The van der Waals surface area contributed by atoms with Gasteiger partial charge < -0.3 is 4.74 Å². The Balaban J connectivity index is 2.24. The van der Waals surface area contributed by atoms with Crippen molar-refractivity contribution < 1.29 is 13.2 Å². The van der Waals surface area contributed by atoms with Crippen molar-refractivity contribution in [1.82, 2.24) is 4.72 Å². The second-order valence-electron chi connectivity index (χ2n) is 2.69. The largest absolute Gasteiger partial charge is 0.381 e. The average Bonchev–Trinajstić information content (AvgIpc) is 1.75. The van der Waals surface area contributed by atoms with Crippen LogP contribution in [0, 0.1) is 0 Å². The topological polar surface area (TPSA) is 81.4 Å². The molecule has 0 amide bonds. The molecule has 5 nitrogen and oxygen atoms in total. The highest BCUT2D eigenvalue weighted by Crippen LogP contribution is 2.22. The van der Waals surface area contributed by atoms with Crippen LogP contribution in [0.15, 0.2) is 0 Å². The fraction of sp³-hybridized carbons (Fsp3) is 1.00. The predicted molar refractivity (Wildman–Crippen MR) is 40.1 cm³/mol. The van der Waals surface area contributed by atoms with Gasteiger partial charge in [0.1, 0.15) is 0 Å². The first-order valence-electron chi connectivity index (χ1n) is 3.34. The van der Waals surface area contributed by atoms with Crippen molar-refractivity contribution >= 4 is 10.2 Å². The van der Waals surface area contributed by atoms with Crippen molar-refractivity contribution in [3.05, 3.63) is 0 Å². The third-order valence-corrected chi connectivity index (χ3v) is 2.42. The van der Waals surface area contributed by atoms with Gasteiger partial charge in [-0.3, -0.25) is 0 Å². The highest BCUT2D eigenvalue weighted by molar-refractivity contribution is 7.87. The molecule has 0 aliphatic heterocycles. The molecule has 6 heteroatoms. The molecule has 0 atom stereocenters. The molecule has 0 radical (unpaired) electrons. The van der Waals surface area contributed by atoms with Gasteiger partial charge in [0.25, 0.3) is 10.2 Å². The summed E-state index contributed by atoms with van der Waals surface area (Å²) in [5.41, 5.74) is 0. The number of hydrogen-bond acceptors (Lipinski definition) is 3. The Hall–Kier alpha value is -0.170. The summed E-state index contributed by atoms with van der Waals surface area (Å²) in [6.45, 7) is 0. The summed E-state index contributed by atoms with van der Waals surface area (Å²) in [5, 5.41) is 4.75. The highest BCUT2D eigenvalue weighted by atomic mass is 32.2. The zero-order valence-electron chi connectivity index (χ0n) is 6.28. The first-order chi connectivity index (χ1) is 5.01. The summed E-state index contributed by atoms with van der Waals surface area (Å²) in [5.74, 6) is 0. The van der Waals surface area contributed by atoms with E-state index in [0.717, 1.165) is 0 Å². The molecule has 3 N–H and O–H groups in total. The quantitative estimate of drug-likeness (QED) is 0.582. The molecule has 0 spiro atoms. The van der Waals surface area contributed by atoms with E-state index in [0.29, 0.717) is 12.8 Å². The molecule has 1 aliphatic carbocycles. The Morgan fingerprint density at radius 2 is 2.09 bits per heavy atom. The molecule has 1 fully saturated rings. The maximum atomic E-state index is 10.5. The number of rotatable bonds is 3. The normalized spacial score (nSPS) is 31.5. The third-order valence-electron chi connectivity index (χ3n) is 1.76. The molecule has 0 aromatic carbocycles. The zero-order valence-corrected chi connectivity index (χ0v) is 7.10. The number of nitrogens with two attached hydrogens (primary N) is 1. The van der Waals surface area contributed by atoms with E-state index in [4.69, 9.17) is 9.88 Å². The molecule has 0 heterocycles. The summed E-state index contributed by atoms with van der Waals surface area (Å²) in [6, 6.07) is -0.0325. The maximum Gasteiger partial charge on any atom is 0.274 e.